The molecule has 0 saturated carbocycles. The summed E-state index contributed by atoms with van der Waals surface area (Å²) in [5.41, 5.74) is 0. The minimum atomic E-state index is -4.60. The van der Waals surface area contributed by atoms with Gasteiger partial charge in [-0.25, -0.2) is 4.79 Å². The summed E-state index contributed by atoms with van der Waals surface area (Å²) in [4.78, 5) is 14.3. The lowest BCUT2D eigenvalue weighted by Crippen LogP contribution is -2.48. The molecular weight excluding hydrogens is 265 g/mol. The minimum absolute atomic E-state index is 0.325. The Morgan fingerprint density at radius 1 is 1.37 bits per heavy atom. The van der Waals surface area contributed by atoms with Crippen LogP contribution in [0.15, 0.2) is 0 Å². The van der Waals surface area contributed by atoms with E-state index in [1.54, 1.807) is 4.90 Å². The van der Waals surface area contributed by atoms with Crippen molar-refractivity contribution in [1.82, 2.24) is 9.80 Å². The number of carbonyl (C=O) groups is 1. The highest BCUT2D eigenvalue weighted by molar-refractivity contribution is 5.69. The van der Waals surface area contributed by atoms with E-state index in [4.69, 9.17) is 4.74 Å². The Morgan fingerprint density at radius 2 is 2.11 bits per heavy atom. The number of rotatable bonds is 4. The molecule has 0 spiro atoms. The Kier molecular flexibility index (Phi) is 4.19. The van der Waals surface area contributed by atoms with Crippen molar-refractivity contribution in [2.45, 2.75) is 31.2 Å². The quantitative estimate of drug-likeness (QED) is 0.829. The number of hydrogen-bond donors (Lipinski definition) is 1. The van der Waals surface area contributed by atoms with Gasteiger partial charge in [-0.15, -0.1) is 0 Å². The van der Waals surface area contributed by atoms with Crippen LogP contribution in [0.2, 0.25) is 0 Å². The zero-order valence-corrected chi connectivity index (χ0v) is 10.4. The normalized spacial score (nSPS) is 26.8. The third-order valence-electron chi connectivity index (χ3n) is 3.62. The van der Waals surface area contributed by atoms with Crippen LogP contribution >= 0.6 is 0 Å². The minimum Gasteiger partial charge on any atom is -0.448 e. The zero-order chi connectivity index (χ0) is 14.0. The number of cyclic esters (lactones) is 1. The number of likely N-dealkylation sites (tertiary alicyclic amines) is 1. The molecule has 0 aromatic rings. The smallest absolute Gasteiger partial charge is 0.415 e. The molecule has 0 radical (unpaired) electrons. The second-order valence-electron chi connectivity index (χ2n) is 4.83. The van der Waals surface area contributed by atoms with Crippen molar-refractivity contribution >= 4 is 6.09 Å². The van der Waals surface area contributed by atoms with Gasteiger partial charge in [0.15, 0.2) is 6.10 Å². The van der Waals surface area contributed by atoms with Crippen molar-refractivity contribution in [2.75, 3.05) is 32.8 Å². The van der Waals surface area contributed by atoms with E-state index in [0.29, 0.717) is 45.6 Å². The van der Waals surface area contributed by atoms with Gasteiger partial charge < -0.3 is 14.7 Å². The van der Waals surface area contributed by atoms with E-state index in [0.717, 1.165) is 0 Å². The Balaban J connectivity index is 1.87. The van der Waals surface area contributed by atoms with Crippen LogP contribution in [0, 0.1) is 0 Å². The highest BCUT2D eigenvalue weighted by Gasteiger charge is 2.46. The molecule has 2 heterocycles. The first-order chi connectivity index (χ1) is 8.89. The summed E-state index contributed by atoms with van der Waals surface area (Å²) in [6.45, 7) is 1.97. The first-order valence-corrected chi connectivity index (χ1v) is 6.30. The van der Waals surface area contributed by atoms with E-state index in [9.17, 15) is 23.1 Å². The van der Waals surface area contributed by atoms with Crippen molar-refractivity contribution < 1.29 is 27.8 Å². The zero-order valence-electron chi connectivity index (χ0n) is 10.4. The Bertz CT molecular complexity index is 338. The van der Waals surface area contributed by atoms with Gasteiger partial charge in [0.05, 0.1) is 6.54 Å². The average Bonchev–Trinajstić information content (AvgIpc) is 2.93. The van der Waals surface area contributed by atoms with Gasteiger partial charge in [0.25, 0.3) is 0 Å². The van der Waals surface area contributed by atoms with Crippen LogP contribution in [0.3, 0.4) is 0 Å². The predicted molar refractivity (Wildman–Crippen MR) is 59.6 cm³/mol. The van der Waals surface area contributed by atoms with Crippen molar-refractivity contribution in [2.24, 2.45) is 0 Å². The van der Waals surface area contributed by atoms with Gasteiger partial charge in [-0.05, 0) is 19.4 Å². The van der Waals surface area contributed by atoms with Crippen molar-refractivity contribution in [1.29, 1.82) is 0 Å². The van der Waals surface area contributed by atoms with Gasteiger partial charge in [-0.2, -0.15) is 13.2 Å². The third kappa shape index (κ3) is 3.30. The number of ether oxygens (including phenoxy) is 1. The molecule has 2 saturated heterocycles. The van der Waals surface area contributed by atoms with Crippen LogP contribution in [0.1, 0.15) is 12.8 Å². The number of nitrogens with zero attached hydrogens (tertiary/aromatic N) is 2. The molecule has 8 heteroatoms. The molecule has 0 aromatic carbocycles. The number of aliphatic hydroxyl groups excluding tert-OH is 1. The van der Waals surface area contributed by atoms with Crippen LogP contribution in [-0.2, 0) is 4.74 Å². The lowest BCUT2D eigenvalue weighted by molar-refractivity contribution is -0.219. The van der Waals surface area contributed by atoms with Gasteiger partial charge in [0.1, 0.15) is 6.61 Å². The number of aliphatic hydroxyl groups is 1. The average molecular weight is 282 g/mol. The van der Waals surface area contributed by atoms with Crippen LogP contribution in [0.5, 0.6) is 0 Å². The van der Waals surface area contributed by atoms with Crippen molar-refractivity contribution in [3.05, 3.63) is 0 Å². The SMILES string of the molecule is O=C1OCCN1CCN1CCCC1C(O)C(F)(F)F. The lowest BCUT2D eigenvalue weighted by atomic mass is 10.1. The third-order valence-corrected chi connectivity index (χ3v) is 3.62. The van der Waals surface area contributed by atoms with Gasteiger partial charge >= 0.3 is 12.3 Å². The van der Waals surface area contributed by atoms with Crippen LogP contribution in [0.25, 0.3) is 0 Å². The molecule has 2 fully saturated rings. The molecule has 2 aliphatic rings. The summed E-state index contributed by atoms with van der Waals surface area (Å²) in [5.74, 6) is 0. The topological polar surface area (TPSA) is 53.0 Å². The maximum absolute atomic E-state index is 12.5. The fourth-order valence-corrected chi connectivity index (χ4v) is 2.58. The van der Waals surface area contributed by atoms with Crippen molar-refractivity contribution in [3.8, 4) is 0 Å². The number of hydrogen-bond acceptors (Lipinski definition) is 4. The second kappa shape index (κ2) is 5.54. The molecule has 2 aliphatic heterocycles. The monoisotopic (exact) mass is 282 g/mol. The number of amides is 1. The summed E-state index contributed by atoms with van der Waals surface area (Å²) in [6, 6.07) is -0.904. The van der Waals surface area contributed by atoms with Gasteiger partial charge in [0.2, 0.25) is 0 Å². The Morgan fingerprint density at radius 3 is 2.68 bits per heavy atom. The Labute approximate surface area is 108 Å². The highest BCUT2D eigenvalue weighted by atomic mass is 19.4. The molecule has 1 N–H and O–H groups in total. The standard InChI is InChI=1S/C11H17F3N2O3/c12-11(13,14)9(17)8-2-1-3-15(8)4-5-16-6-7-19-10(16)18/h8-9,17H,1-7H2. The molecule has 2 atom stereocenters. The molecule has 0 bridgehead atoms. The summed E-state index contributed by atoms with van der Waals surface area (Å²) < 4.78 is 42.3. The molecule has 110 valence electrons. The fraction of sp³-hybridized carbons (Fsp3) is 0.909. The van der Waals surface area contributed by atoms with Crippen molar-refractivity contribution in [3.63, 3.8) is 0 Å². The summed E-state index contributed by atoms with van der Waals surface area (Å²) in [6.07, 6.45) is -6.39. The van der Waals surface area contributed by atoms with E-state index in [2.05, 4.69) is 0 Å². The molecule has 2 unspecified atom stereocenters. The van der Waals surface area contributed by atoms with E-state index in [1.165, 1.54) is 4.90 Å². The van der Waals surface area contributed by atoms with E-state index < -0.39 is 24.4 Å². The van der Waals surface area contributed by atoms with E-state index >= 15 is 0 Å². The first kappa shape index (κ1) is 14.4. The van der Waals surface area contributed by atoms with Crippen LogP contribution in [-0.4, -0.2) is 72.1 Å². The molecule has 1 amide bonds. The largest absolute Gasteiger partial charge is 0.448 e. The van der Waals surface area contributed by atoms with Crippen LogP contribution < -0.4 is 0 Å². The number of halogens is 3. The second-order valence-corrected chi connectivity index (χ2v) is 4.83. The summed E-state index contributed by atoms with van der Waals surface area (Å²) in [7, 11) is 0. The highest BCUT2D eigenvalue weighted by Crippen LogP contribution is 2.30. The Hall–Kier alpha value is -1.02. The molecule has 0 aliphatic carbocycles. The first-order valence-electron chi connectivity index (χ1n) is 6.30. The molecule has 2 rings (SSSR count). The van der Waals surface area contributed by atoms with Gasteiger partial charge in [-0.1, -0.05) is 0 Å². The van der Waals surface area contributed by atoms with Crippen LogP contribution in [0.4, 0.5) is 18.0 Å². The maximum Gasteiger partial charge on any atom is 0.415 e. The molecule has 19 heavy (non-hydrogen) atoms. The van der Waals surface area contributed by atoms with E-state index in [-0.39, 0.29) is 0 Å². The summed E-state index contributed by atoms with van der Waals surface area (Å²) >= 11 is 0. The molecule has 5 nitrogen and oxygen atoms in total. The fourth-order valence-electron chi connectivity index (χ4n) is 2.58. The van der Waals surface area contributed by atoms with E-state index in [1.807, 2.05) is 0 Å². The number of carbonyl (C=O) groups excluding carboxylic acids is 1. The van der Waals surface area contributed by atoms with Gasteiger partial charge in [-0.3, -0.25) is 4.90 Å². The molecular formula is C11H17F3N2O3. The van der Waals surface area contributed by atoms with Gasteiger partial charge in [0, 0.05) is 19.1 Å². The predicted octanol–water partition coefficient (Wildman–Crippen LogP) is 0.826. The molecule has 0 aromatic heterocycles. The summed E-state index contributed by atoms with van der Waals surface area (Å²) in [5, 5.41) is 9.33. The number of alkyl halides is 3. The maximum atomic E-state index is 12.5. The lowest BCUT2D eigenvalue weighted by Gasteiger charge is -2.30.